The van der Waals surface area contributed by atoms with Crippen molar-refractivity contribution in [1.82, 2.24) is 19.5 Å². The number of benzene rings is 1. The van der Waals surface area contributed by atoms with Crippen LogP contribution < -0.4 is 9.80 Å². The van der Waals surface area contributed by atoms with Crippen molar-refractivity contribution in [2.24, 2.45) is 11.3 Å². The minimum Gasteiger partial charge on any atom is -0.465 e. The lowest BCUT2D eigenvalue weighted by Gasteiger charge is -2.40. The van der Waals surface area contributed by atoms with Gasteiger partial charge in [0.2, 0.25) is 5.95 Å². The predicted molar refractivity (Wildman–Crippen MR) is 126 cm³/mol. The van der Waals surface area contributed by atoms with Gasteiger partial charge in [-0.25, -0.2) is 19.7 Å². The van der Waals surface area contributed by atoms with Crippen LogP contribution in [0.4, 0.5) is 16.4 Å². The summed E-state index contributed by atoms with van der Waals surface area (Å²) in [6.07, 6.45) is 7.99. The third-order valence-corrected chi connectivity index (χ3v) is 6.48. The molecular weight excluding hydrogens is 418 g/mol. The highest BCUT2D eigenvalue weighted by Gasteiger charge is 2.34. The Bertz CT molecular complexity index is 1180. The van der Waals surface area contributed by atoms with Crippen LogP contribution in [0.2, 0.25) is 0 Å². The molecule has 172 valence electrons. The van der Waals surface area contributed by atoms with Crippen LogP contribution in [0.1, 0.15) is 38.2 Å². The van der Waals surface area contributed by atoms with Crippen molar-refractivity contribution < 1.29 is 9.90 Å². The van der Waals surface area contributed by atoms with Gasteiger partial charge < -0.3 is 14.6 Å². The van der Waals surface area contributed by atoms with E-state index in [0.29, 0.717) is 23.7 Å². The Balaban J connectivity index is 1.50. The molecule has 0 radical (unpaired) electrons. The van der Waals surface area contributed by atoms with Crippen molar-refractivity contribution in [2.75, 3.05) is 30.4 Å². The summed E-state index contributed by atoms with van der Waals surface area (Å²) in [5.41, 5.74) is 2.96. The summed E-state index contributed by atoms with van der Waals surface area (Å²) in [6, 6.07) is 7.75. The number of hydrogen-bond donors (Lipinski definition) is 1. The summed E-state index contributed by atoms with van der Waals surface area (Å²) >= 11 is 0. The molecule has 1 N–H and O–H groups in total. The molecule has 2 unspecified atom stereocenters. The Morgan fingerprint density at radius 3 is 2.73 bits per heavy atom. The Morgan fingerprint density at radius 2 is 2.06 bits per heavy atom. The first-order chi connectivity index (χ1) is 15.8. The van der Waals surface area contributed by atoms with Gasteiger partial charge in [0.1, 0.15) is 0 Å². The van der Waals surface area contributed by atoms with Gasteiger partial charge in [0.15, 0.2) is 0 Å². The molecule has 1 aliphatic rings. The molecule has 1 aromatic carbocycles. The van der Waals surface area contributed by atoms with Gasteiger partial charge in [-0.15, -0.1) is 0 Å². The zero-order valence-electron chi connectivity index (χ0n) is 19.3. The second-order valence-corrected chi connectivity index (χ2v) is 9.49. The second kappa shape index (κ2) is 9.06. The van der Waals surface area contributed by atoms with Crippen molar-refractivity contribution >= 4 is 28.8 Å². The standard InChI is InChI=1S/C24H29N7O2/c1-24(15-30-16-28-20-7-6-17(11-25)9-21(20)30)8-4-5-18(10-24)14-31(23(32)33)19-12-26-22(27-13-19)29(2)3/h6-7,9,12-13,16,18H,4-5,8,10,14-15H2,1-3H3,(H,32,33). The molecule has 1 amide bonds. The first-order valence-corrected chi connectivity index (χ1v) is 11.1. The fourth-order valence-corrected chi connectivity index (χ4v) is 4.92. The molecule has 2 heterocycles. The highest BCUT2D eigenvalue weighted by Crippen LogP contribution is 2.41. The molecule has 0 saturated heterocycles. The van der Waals surface area contributed by atoms with Crippen LogP contribution in [0, 0.1) is 22.7 Å². The molecule has 0 spiro atoms. The zero-order chi connectivity index (χ0) is 23.6. The quantitative estimate of drug-likeness (QED) is 0.604. The van der Waals surface area contributed by atoms with E-state index in [-0.39, 0.29) is 11.3 Å². The van der Waals surface area contributed by atoms with Gasteiger partial charge in [0, 0.05) is 27.2 Å². The molecule has 9 heteroatoms. The molecule has 4 rings (SSSR count). The average Bonchev–Trinajstić information content (AvgIpc) is 3.18. The lowest BCUT2D eigenvalue weighted by Crippen LogP contribution is -2.39. The summed E-state index contributed by atoms with van der Waals surface area (Å²) < 4.78 is 2.13. The Morgan fingerprint density at radius 1 is 1.30 bits per heavy atom. The molecule has 1 fully saturated rings. The third-order valence-electron chi connectivity index (χ3n) is 6.48. The van der Waals surface area contributed by atoms with Crippen molar-refractivity contribution in [1.29, 1.82) is 5.26 Å². The summed E-state index contributed by atoms with van der Waals surface area (Å²) in [5, 5.41) is 19.1. The number of hydrogen-bond acceptors (Lipinski definition) is 6. The van der Waals surface area contributed by atoms with Gasteiger partial charge in [-0.2, -0.15) is 5.26 Å². The van der Waals surface area contributed by atoms with Crippen LogP contribution in [0.3, 0.4) is 0 Å². The molecule has 9 nitrogen and oxygen atoms in total. The fraction of sp³-hybridized carbons (Fsp3) is 0.458. The maximum atomic E-state index is 12.0. The normalized spacial score (nSPS) is 20.4. The maximum Gasteiger partial charge on any atom is 0.411 e. The smallest absolute Gasteiger partial charge is 0.411 e. The van der Waals surface area contributed by atoms with Gasteiger partial charge in [-0.05, 0) is 48.8 Å². The Labute approximate surface area is 193 Å². The summed E-state index contributed by atoms with van der Waals surface area (Å²) in [7, 11) is 3.69. The van der Waals surface area contributed by atoms with Gasteiger partial charge in [-0.3, -0.25) is 4.90 Å². The van der Waals surface area contributed by atoms with E-state index in [1.54, 1.807) is 23.4 Å². The first-order valence-electron chi connectivity index (χ1n) is 11.1. The van der Waals surface area contributed by atoms with E-state index in [2.05, 4.69) is 32.5 Å². The van der Waals surface area contributed by atoms with Gasteiger partial charge >= 0.3 is 6.09 Å². The van der Waals surface area contributed by atoms with Crippen molar-refractivity contribution in [3.63, 3.8) is 0 Å². The van der Waals surface area contributed by atoms with E-state index in [4.69, 9.17) is 0 Å². The number of carbonyl (C=O) groups is 1. The number of rotatable bonds is 6. The van der Waals surface area contributed by atoms with Crippen molar-refractivity contribution in [2.45, 2.75) is 39.2 Å². The summed E-state index contributed by atoms with van der Waals surface area (Å²) in [6.45, 7) is 3.46. The first kappa shape index (κ1) is 22.5. The zero-order valence-corrected chi connectivity index (χ0v) is 19.3. The van der Waals surface area contributed by atoms with Crippen LogP contribution >= 0.6 is 0 Å². The van der Waals surface area contributed by atoms with Crippen molar-refractivity contribution in [3.8, 4) is 6.07 Å². The number of imidazole rings is 1. The molecule has 2 aromatic heterocycles. The van der Waals surface area contributed by atoms with E-state index in [9.17, 15) is 15.2 Å². The third kappa shape index (κ3) is 4.90. The molecule has 2 atom stereocenters. The largest absolute Gasteiger partial charge is 0.465 e. The lowest BCUT2D eigenvalue weighted by atomic mass is 9.70. The second-order valence-electron chi connectivity index (χ2n) is 9.49. The highest BCUT2D eigenvalue weighted by atomic mass is 16.4. The Hall–Kier alpha value is -3.67. The number of nitrogens with zero attached hydrogens (tertiary/aromatic N) is 7. The number of fused-ring (bicyclic) bond motifs is 1. The van der Waals surface area contributed by atoms with E-state index >= 15 is 0 Å². The number of anilines is 2. The summed E-state index contributed by atoms with van der Waals surface area (Å²) in [4.78, 5) is 28.2. The minimum absolute atomic E-state index is 0.00858. The molecule has 0 bridgehead atoms. The minimum atomic E-state index is -0.992. The average molecular weight is 448 g/mol. The monoisotopic (exact) mass is 447 g/mol. The van der Waals surface area contributed by atoms with E-state index in [1.165, 1.54) is 4.90 Å². The number of nitriles is 1. The van der Waals surface area contributed by atoms with Crippen LogP contribution in [-0.4, -0.2) is 51.4 Å². The number of aromatic nitrogens is 4. The molecule has 3 aromatic rings. The van der Waals surface area contributed by atoms with Gasteiger partial charge in [0.25, 0.3) is 0 Å². The van der Waals surface area contributed by atoms with Crippen LogP contribution in [0.5, 0.6) is 0 Å². The molecular formula is C24H29N7O2. The van der Waals surface area contributed by atoms with Crippen LogP contribution in [0.25, 0.3) is 11.0 Å². The maximum absolute atomic E-state index is 12.0. The number of amides is 1. The van der Waals surface area contributed by atoms with E-state index in [0.717, 1.165) is 43.3 Å². The SMILES string of the molecule is CN(C)c1ncc(N(CC2CCCC(C)(Cn3cnc4ccc(C#N)cc43)C2)C(=O)O)cn1. The molecule has 1 saturated carbocycles. The fourth-order valence-electron chi connectivity index (χ4n) is 4.92. The van der Waals surface area contributed by atoms with Gasteiger partial charge in [-0.1, -0.05) is 13.3 Å². The topological polar surface area (TPSA) is 111 Å². The highest BCUT2D eigenvalue weighted by molar-refractivity contribution is 5.85. The lowest BCUT2D eigenvalue weighted by molar-refractivity contribution is 0.136. The van der Waals surface area contributed by atoms with Crippen LogP contribution in [-0.2, 0) is 6.54 Å². The summed E-state index contributed by atoms with van der Waals surface area (Å²) in [5.74, 6) is 0.777. The van der Waals surface area contributed by atoms with Gasteiger partial charge in [0.05, 0.1) is 47.1 Å². The van der Waals surface area contributed by atoms with Crippen LogP contribution in [0.15, 0.2) is 36.9 Å². The number of carboxylic acid groups (broad SMARTS) is 1. The molecule has 0 aliphatic heterocycles. The predicted octanol–water partition coefficient (Wildman–Crippen LogP) is 4.15. The Kier molecular flexibility index (Phi) is 6.18. The van der Waals surface area contributed by atoms with E-state index < -0.39 is 6.09 Å². The van der Waals surface area contributed by atoms with Crippen molar-refractivity contribution in [3.05, 3.63) is 42.5 Å². The molecule has 33 heavy (non-hydrogen) atoms. The molecule has 1 aliphatic carbocycles. The van der Waals surface area contributed by atoms with E-state index in [1.807, 2.05) is 32.6 Å².